The number of hydrogen-bond donors (Lipinski definition) is 11. The number of aliphatic hydroxyl groups excluding tert-OH is 2. The number of hydrogen-bond acceptors (Lipinski definition) is 11. The van der Waals surface area contributed by atoms with Crippen molar-refractivity contribution in [1.82, 2.24) is 26.6 Å². The van der Waals surface area contributed by atoms with Crippen LogP contribution < -0.4 is 43.0 Å². The van der Waals surface area contributed by atoms with Crippen molar-refractivity contribution in [2.24, 2.45) is 17.6 Å². The molecule has 12 N–H and O–H groups in total. The summed E-state index contributed by atoms with van der Waals surface area (Å²) in [4.78, 5) is 93.7. The molecule has 0 bridgehead atoms. The van der Waals surface area contributed by atoms with E-state index in [2.05, 4.69) is 37.2 Å². The molecule has 0 saturated carbocycles. The minimum Gasteiger partial charge on any atom is -0.481 e. The fraction of sp³-hybridized carbons (Fsp3) is 0.560. The van der Waals surface area contributed by atoms with E-state index >= 15 is 0 Å². The number of unbranched alkanes of at least 4 members (excludes halogenated alkanes) is 4. The first-order valence-corrected chi connectivity index (χ1v) is 23.8. The van der Waals surface area contributed by atoms with Crippen LogP contribution in [0.1, 0.15) is 131 Å². The smallest absolute Gasteiger partial charge is 0.303 e. The van der Waals surface area contributed by atoms with E-state index in [0.29, 0.717) is 43.7 Å². The summed E-state index contributed by atoms with van der Waals surface area (Å²) in [6, 6.07) is 10.7. The van der Waals surface area contributed by atoms with E-state index in [1.165, 1.54) is 0 Å². The van der Waals surface area contributed by atoms with Gasteiger partial charge in [-0.15, -0.1) is 0 Å². The van der Waals surface area contributed by atoms with Crippen LogP contribution in [0.25, 0.3) is 0 Å². The number of nitrogens with two attached hydrogens (primary N) is 1. The second-order valence-corrected chi connectivity index (χ2v) is 17.0. The predicted molar refractivity (Wildman–Crippen MR) is 267 cm³/mol. The van der Waals surface area contributed by atoms with Gasteiger partial charge in [-0.2, -0.15) is 12.8 Å². The monoisotopic (exact) mass is 1150 g/mol. The van der Waals surface area contributed by atoms with Gasteiger partial charge in [0.15, 0.2) is 0 Å². The number of carboxylic acid groups (broad SMARTS) is 1. The zero-order valence-electron chi connectivity index (χ0n) is 43.0. The van der Waals surface area contributed by atoms with Crippen molar-refractivity contribution in [2.75, 3.05) is 23.7 Å². The molecular formula is C50H80N8O11Y2-2. The molecule has 0 unspecified atom stereocenters. The number of nitrogens with one attached hydrogen (secondary N) is 7. The SMILES string of the molecule is CC(C)[C@H](N)C(=O)N[C@@H](C)C(=O)Nc1ccc(CO)cc1.CC[CH-]C(=O)NCCCCCC(=O)N[C@H](C(=O)N[C@@H](C)C(=O)Nc1ccc(CO)cc1)C(C)C.CC[CH-]C(=O)NCCCCCC(=O)O.[Y].[Y]. The summed E-state index contributed by atoms with van der Waals surface area (Å²) < 4.78 is 0. The van der Waals surface area contributed by atoms with Crippen molar-refractivity contribution >= 4 is 58.7 Å². The van der Waals surface area contributed by atoms with Gasteiger partial charge in [-0.05, 0) is 86.8 Å². The Morgan fingerprint density at radius 3 is 1.28 bits per heavy atom. The maximum absolute atomic E-state index is 12.7. The molecule has 4 atom stereocenters. The number of carboxylic acids is 1. The molecule has 394 valence electrons. The summed E-state index contributed by atoms with van der Waals surface area (Å²) in [5.74, 6) is -2.72. The summed E-state index contributed by atoms with van der Waals surface area (Å²) in [6.07, 6.45) is 9.71. The van der Waals surface area contributed by atoms with Crippen molar-refractivity contribution in [3.05, 3.63) is 72.5 Å². The first-order valence-electron chi connectivity index (χ1n) is 23.8. The minimum atomic E-state index is -0.802. The second-order valence-electron chi connectivity index (χ2n) is 17.0. The van der Waals surface area contributed by atoms with E-state index in [0.717, 1.165) is 43.2 Å². The molecule has 0 spiro atoms. The fourth-order valence-corrected chi connectivity index (χ4v) is 5.82. The molecular weight excluding hydrogens is 1070 g/mol. The van der Waals surface area contributed by atoms with Gasteiger partial charge >= 0.3 is 5.97 Å². The van der Waals surface area contributed by atoms with Crippen molar-refractivity contribution in [1.29, 1.82) is 0 Å². The molecule has 2 rings (SSSR count). The topological polar surface area (TPSA) is 307 Å². The van der Waals surface area contributed by atoms with Gasteiger partial charge in [-0.25, -0.2) is 0 Å². The van der Waals surface area contributed by atoms with E-state index < -0.39 is 36.0 Å². The summed E-state index contributed by atoms with van der Waals surface area (Å²) in [5.41, 5.74) is 8.37. The molecule has 71 heavy (non-hydrogen) atoms. The average molecular weight is 1150 g/mol. The quantitative estimate of drug-likeness (QED) is 0.0407. The Balaban J connectivity index is -0.00000107. The second kappa shape index (κ2) is 42.5. The zero-order chi connectivity index (χ0) is 52.3. The van der Waals surface area contributed by atoms with E-state index in [4.69, 9.17) is 21.1 Å². The van der Waals surface area contributed by atoms with Crippen LogP contribution >= 0.6 is 0 Å². The zero-order valence-corrected chi connectivity index (χ0v) is 48.7. The average Bonchev–Trinajstić information content (AvgIpc) is 3.30. The Labute approximate surface area is 471 Å². The minimum absolute atomic E-state index is 0. The standard InChI is InChI=1S/C25H39N4O5.C15H23N3O3.C10H18NO3.2Y/c1-5-9-21(31)26-15-8-6-7-10-22(32)29-23(17(2)3)25(34)27-18(4)24(33)28-20-13-11-19(16-30)12-14-20;1-9(2)13(16)15(21)17-10(3)14(20)18-12-6-4-11(8-19)5-7-12;1-2-6-9(12)11-8-5-3-4-7-10(13)14;;/h9,11-14,17-18,23,30H,5-8,10,15-16H2,1-4H3,(H,26,31)(H,27,34)(H,28,33)(H,29,32);4-7,9-10,13,19H,8,16H2,1-3H3,(H,17,21)(H,18,20);6H,2-5,7-8H2,1H3,(H,11,12)(H,13,14);;/q-1;;-1;;/t18-,23-;10-,13-;;;/m00.../s1. The third-order valence-corrected chi connectivity index (χ3v) is 10.1. The molecule has 2 aromatic carbocycles. The molecule has 0 aromatic heterocycles. The van der Waals surface area contributed by atoms with Crippen molar-refractivity contribution in [3.8, 4) is 0 Å². The van der Waals surface area contributed by atoms with Crippen LogP contribution in [0.4, 0.5) is 11.4 Å². The number of aliphatic hydroxyl groups is 2. The normalized spacial score (nSPS) is 11.8. The summed E-state index contributed by atoms with van der Waals surface area (Å²) in [6.45, 7) is 15.4. The maximum atomic E-state index is 12.7. The van der Waals surface area contributed by atoms with Gasteiger partial charge in [0.1, 0.15) is 18.1 Å². The Morgan fingerprint density at radius 1 is 0.535 bits per heavy atom. The molecule has 0 fully saturated rings. The van der Waals surface area contributed by atoms with Crippen molar-refractivity contribution < 1.29 is 119 Å². The molecule has 0 aliphatic heterocycles. The van der Waals surface area contributed by atoms with Gasteiger partial charge < -0.3 is 80.7 Å². The number of anilines is 2. The largest absolute Gasteiger partial charge is 0.481 e. The number of carbonyl (C=O) groups is 8. The number of rotatable bonds is 29. The van der Waals surface area contributed by atoms with Crippen LogP contribution in [0.2, 0.25) is 0 Å². The van der Waals surface area contributed by atoms with Gasteiger partial charge in [-0.1, -0.05) is 78.6 Å². The van der Waals surface area contributed by atoms with Crippen LogP contribution in [0.3, 0.4) is 0 Å². The van der Waals surface area contributed by atoms with Gasteiger partial charge in [0, 0.05) is 103 Å². The number of benzene rings is 2. The molecule has 19 nitrogen and oxygen atoms in total. The molecule has 0 aliphatic rings. The number of amides is 7. The van der Waals surface area contributed by atoms with E-state index in [1.54, 1.807) is 75.2 Å². The fourth-order valence-electron chi connectivity index (χ4n) is 5.82. The van der Waals surface area contributed by atoms with Gasteiger partial charge in [0.25, 0.3) is 0 Å². The van der Waals surface area contributed by atoms with E-state index in [1.807, 2.05) is 41.5 Å². The molecule has 21 heteroatoms. The Hall–Kier alpha value is -3.97. The molecule has 2 aromatic rings. The van der Waals surface area contributed by atoms with Crippen molar-refractivity contribution in [3.63, 3.8) is 0 Å². The van der Waals surface area contributed by atoms with E-state index in [9.17, 15) is 38.4 Å². The molecule has 0 heterocycles. The Morgan fingerprint density at radius 2 is 0.930 bits per heavy atom. The Kier molecular flexibility index (Phi) is 42.7. The van der Waals surface area contributed by atoms with Crippen LogP contribution in [-0.4, -0.2) is 99.9 Å². The predicted octanol–water partition coefficient (Wildman–Crippen LogP) is 4.02. The maximum Gasteiger partial charge on any atom is 0.303 e. The third-order valence-electron chi connectivity index (χ3n) is 10.1. The number of aliphatic carboxylic acids is 1. The third kappa shape index (κ3) is 34.9. The number of carbonyl (C=O) groups excluding carboxylic acids is 7. The van der Waals surface area contributed by atoms with Crippen LogP contribution in [0, 0.1) is 24.7 Å². The van der Waals surface area contributed by atoms with Gasteiger partial charge in [0.2, 0.25) is 29.5 Å². The van der Waals surface area contributed by atoms with E-state index in [-0.39, 0.29) is 139 Å². The molecule has 0 saturated heterocycles. The summed E-state index contributed by atoms with van der Waals surface area (Å²) in [7, 11) is 0. The first-order chi connectivity index (χ1) is 32.7. The summed E-state index contributed by atoms with van der Waals surface area (Å²) >= 11 is 0. The van der Waals surface area contributed by atoms with Crippen LogP contribution in [0.5, 0.6) is 0 Å². The van der Waals surface area contributed by atoms with Gasteiger partial charge in [-0.3, -0.25) is 28.8 Å². The molecule has 0 aliphatic carbocycles. The van der Waals surface area contributed by atoms with Crippen LogP contribution in [-0.2, 0) is 117 Å². The van der Waals surface area contributed by atoms with Crippen LogP contribution in [0.15, 0.2) is 48.5 Å². The van der Waals surface area contributed by atoms with Crippen molar-refractivity contribution in [2.45, 2.75) is 157 Å². The first kappa shape index (κ1) is 71.3. The summed E-state index contributed by atoms with van der Waals surface area (Å²) in [5, 5.41) is 45.3. The Bertz CT molecular complexity index is 1860. The van der Waals surface area contributed by atoms with Gasteiger partial charge in [0.05, 0.1) is 31.1 Å². The molecule has 7 amide bonds. The molecule has 2 radical (unpaired) electrons.